The number of carbonyl (C=O) groups is 2. The molecule has 6 heteroatoms. The Morgan fingerprint density at radius 3 is 1.45 bits per heavy atom. The Kier molecular flexibility index (Phi) is 3.82. The summed E-state index contributed by atoms with van der Waals surface area (Å²) in [5.74, 6) is 0. The summed E-state index contributed by atoms with van der Waals surface area (Å²) in [6.07, 6.45) is 0. The second-order valence-corrected chi connectivity index (χ2v) is 6.93. The monoisotopic (exact) mass is 340 g/mol. The van der Waals surface area contributed by atoms with Crippen LogP contribution >= 0.6 is 46.7 Å². The summed E-state index contributed by atoms with van der Waals surface area (Å²) in [6.45, 7) is 0. The number of benzene rings is 2. The fourth-order valence-electron chi connectivity index (χ4n) is 1.83. The Balaban J connectivity index is 2.02. The maximum atomic E-state index is 11.2. The molecule has 0 fully saturated rings. The van der Waals surface area contributed by atoms with Crippen molar-refractivity contribution < 1.29 is 9.59 Å². The molecule has 0 aliphatic carbocycles. The van der Waals surface area contributed by atoms with Gasteiger partial charge in [0.2, 0.25) is 0 Å². The van der Waals surface area contributed by atoms with Gasteiger partial charge in [0.05, 0.1) is 0 Å². The molecule has 0 saturated carbocycles. The van der Waals surface area contributed by atoms with Crippen LogP contribution in [0.4, 0.5) is 0 Å². The smallest absolute Gasteiger partial charge is 0.252 e. The van der Waals surface area contributed by atoms with Gasteiger partial charge in [0.15, 0.2) is 0 Å². The van der Waals surface area contributed by atoms with E-state index in [1.165, 1.54) is 0 Å². The van der Waals surface area contributed by atoms with Crippen molar-refractivity contribution in [3.63, 3.8) is 0 Å². The van der Waals surface area contributed by atoms with Crippen LogP contribution in [0.2, 0.25) is 0 Å². The lowest BCUT2D eigenvalue weighted by molar-refractivity contribution is 0.107. The van der Waals surface area contributed by atoms with E-state index in [0.29, 0.717) is 11.1 Å². The van der Waals surface area contributed by atoms with Crippen molar-refractivity contribution in [3.05, 3.63) is 47.5 Å². The van der Waals surface area contributed by atoms with Gasteiger partial charge in [-0.1, -0.05) is 23.5 Å². The summed E-state index contributed by atoms with van der Waals surface area (Å²) in [6, 6.07) is 10.7. The van der Waals surface area contributed by atoms with E-state index in [0.717, 1.165) is 19.6 Å². The Bertz CT molecular complexity index is 680. The lowest BCUT2D eigenvalue weighted by Gasteiger charge is -2.18. The van der Waals surface area contributed by atoms with Crippen molar-refractivity contribution in [2.24, 2.45) is 0 Å². The average Bonchev–Trinajstić information content (AvgIpc) is 2.43. The number of carbonyl (C=O) groups excluding carboxylic acids is 2. The summed E-state index contributed by atoms with van der Waals surface area (Å²) in [5, 5.41) is -0.931. The number of hydrogen-bond acceptors (Lipinski definition) is 4. The van der Waals surface area contributed by atoms with Gasteiger partial charge in [0.1, 0.15) is 0 Å². The lowest BCUT2D eigenvalue weighted by atomic mass is 10.2. The molecule has 0 atom stereocenters. The first-order chi connectivity index (χ1) is 9.54. The summed E-state index contributed by atoms with van der Waals surface area (Å²) in [5.41, 5.74) is 0.962. The zero-order valence-corrected chi connectivity index (χ0v) is 13.0. The van der Waals surface area contributed by atoms with Crippen LogP contribution in [-0.2, 0) is 0 Å². The lowest BCUT2D eigenvalue weighted by Crippen LogP contribution is -1.96. The van der Waals surface area contributed by atoms with Gasteiger partial charge in [-0.15, -0.1) is 0 Å². The molecule has 2 aromatic carbocycles. The second-order valence-electron chi connectivity index (χ2n) is 4.07. The molecule has 20 heavy (non-hydrogen) atoms. The highest BCUT2D eigenvalue weighted by Crippen LogP contribution is 2.48. The van der Waals surface area contributed by atoms with Crippen LogP contribution in [-0.4, -0.2) is 10.5 Å². The highest BCUT2D eigenvalue weighted by atomic mass is 35.5. The van der Waals surface area contributed by atoms with E-state index >= 15 is 0 Å². The maximum absolute atomic E-state index is 11.2. The first-order valence-electron chi connectivity index (χ1n) is 5.58. The molecule has 0 amide bonds. The molecule has 0 radical (unpaired) electrons. The van der Waals surface area contributed by atoms with Crippen LogP contribution in [0.1, 0.15) is 20.7 Å². The van der Waals surface area contributed by atoms with Gasteiger partial charge in [-0.05, 0) is 59.6 Å². The first-order valence-corrected chi connectivity index (χ1v) is 7.97. The maximum Gasteiger partial charge on any atom is 0.252 e. The van der Waals surface area contributed by atoms with Crippen LogP contribution in [0.25, 0.3) is 0 Å². The second kappa shape index (κ2) is 5.45. The third kappa shape index (κ3) is 2.61. The predicted octanol–water partition coefficient (Wildman–Crippen LogP) is 5.06. The highest BCUT2D eigenvalue weighted by Gasteiger charge is 2.19. The van der Waals surface area contributed by atoms with Gasteiger partial charge in [-0.25, -0.2) is 0 Å². The highest BCUT2D eigenvalue weighted by molar-refractivity contribution is 8.05. The molecule has 1 aliphatic rings. The van der Waals surface area contributed by atoms with E-state index in [-0.39, 0.29) is 0 Å². The molecule has 100 valence electrons. The van der Waals surface area contributed by atoms with Gasteiger partial charge in [-0.2, -0.15) is 0 Å². The van der Waals surface area contributed by atoms with Crippen molar-refractivity contribution in [2.75, 3.05) is 0 Å². The first kappa shape index (κ1) is 14.0. The number of rotatable bonds is 2. The van der Waals surface area contributed by atoms with Gasteiger partial charge in [0.25, 0.3) is 10.5 Å². The molecular formula is C14H6Cl2O2S2. The van der Waals surface area contributed by atoms with Crippen molar-refractivity contribution in [1.82, 2.24) is 0 Å². The van der Waals surface area contributed by atoms with E-state index in [4.69, 9.17) is 23.2 Å². The number of halogens is 2. The molecule has 2 nitrogen and oxygen atoms in total. The fourth-order valence-corrected chi connectivity index (χ4v) is 4.33. The van der Waals surface area contributed by atoms with E-state index in [1.807, 2.05) is 12.1 Å². The standard InChI is InChI=1S/C14H6Cl2O2S2/c15-13(17)7-1-3-9-11(5-7)20-10-4-2-8(14(16)18)6-12(10)19-9/h1-6H. The van der Waals surface area contributed by atoms with E-state index in [9.17, 15) is 9.59 Å². The quantitative estimate of drug-likeness (QED) is 0.610. The molecule has 0 spiro atoms. The third-order valence-electron chi connectivity index (χ3n) is 2.78. The van der Waals surface area contributed by atoms with Crippen LogP contribution in [0.5, 0.6) is 0 Å². The zero-order valence-electron chi connectivity index (χ0n) is 9.85. The van der Waals surface area contributed by atoms with Crippen molar-refractivity contribution in [2.45, 2.75) is 19.6 Å². The Hall–Kier alpha value is -0.940. The minimum Gasteiger partial charge on any atom is -0.276 e. The molecule has 0 saturated heterocycles. The van der Waals surface area contributed by atoms with E-state index in [1.54, 1.807) is 47.8 Å². The van der Waals surface area contributed by atoms with Crippen LogP contribution in [0.3, 0.4) is 0 Å². The van der Waals surface area contributed by atoms with E-state index < -0.39 is 10.5 Å². The van der Waals surface area contributed by atoms with E-state index in [2.05, 4.69) is 0 Å². The molecule has 2 aromatic rings. The SMILES string of the molecule is O=C(Cl)c1ccc2c(c1)Sc1ccc(C(=O)Cl)cc1S2. The van der Waals surface area contributed by atoms with Crippen LogP contribution < -0.4 is 0 Å². The molecule has 0 N–H and O–H groups in total. The molecule has 0 bridgehead atoms. The van der Waals surface area contributed by atoms with Crippen LogP contribution in [0.15, 0.2) is 56.0 Å². The zero-order chi connectivity index (χ0) is 14.3. The minimum absolute atomic E-state index is 0.465. The third-order valence-corrected chi connectivity index (χ3v) is 5.74. The van der Waals surface area contributed by atoms with Gasteiger partial charge >= 0.3 is 0 Å². The Morgan fingerprint density at radius 2 is 1.10 bits per heavy atom. The molecular weight excluding hydrogens is 335 g/mol. The Labute approximate surface area is 133 Å². The molecule has 0 aromatic heterocycles. The summed E-state index contributed by atoms with van der Waals surface area (Å²) < 4.78 is 0. The fraction of sp³-hybridized carbons (Fsp3) is 0. The average molecular weight is 341 g/mol. The van der Waals surface area contributed by atoms with Crippen molar-refractivity contribution in [1.29, 1.82) is 0 Å². The summed E-state index contributed by atoms with van der Waals surface area (Å²) in [4.78, 5) is 26.4. The molecule has 0 unspecified atom stereocenters. The minimum atomic E-state index is -0.465. The summed E-state index contributed by atoms with van der Waals surface area (Å²) in [7, 11) is 0. The predicted molar refractivity (Wildman–Crippen MR) is 81.5 cm³/mol. The largest absolute Gasteiger partial charge is 0.276 e. The van der Waals surface area contributed by atoms with Gasteiger partial charge in [-0.3, -0.25) is 9.59 Å². The van der Waals surface area contributed by atoms with Crippen LogP contribution in [0, 0.1) is 0 Å². The van der Waals surface area contributed by atoms with Gasteiger partial charge < -0.3 is 0 Å². The summed E-state index contributed by atoms with van der Waals surface area (Å²) >= 11 is 14.1. The number of fused-ring (bicyclic) bond motifs is 2. The van der Waals surface area contributed by atoms with Crippen molar-refractivity contribution >= 4 is 57.2 Å². The van der Waals surface area contributed by atoms with Crippen molar-refractivity contribution in [3.8, 4) is 0 Å². The molecule has 3 rings (SSSR count). The topological polar surface area (TPSA) is 34.1 Å². The normalized spacial score (nSPS) is 12.5. The molecule has 1 heterocycles. The number of hydrogen-bond donors (Lipinski definition) is 0. The molecule has 1 aliphatic heterocycles. The van der Waals surface area contributed by atoms with Gasteiger partial charge in [0, 0.05) is 30.7 Å². The Morgan fingerprint density at radius 1 is 0.700 bits per heavy atom.